The lowest BCUT2D eigenvalue weighted by molar-refractivity contribution is 0.0999. The molecular weight excluding hydrogens is 376 g/mol. The van der Waals surface area contributed by atoms with Crippen molar-refractivity contribution < 1.29 is 9.59 Å². The molecule has 4 aromatic rings. The van der Waals surface area contributed by atoms with Crippen LogP contribution in [0.15, 0.2) is 55.0 Å². The van der Waals surface area contributed by atoms with E-state index in [2.05, 4.69) is 20.3 Å². The van der Waals surface area contributed by atoms with Gasteiger partial charge in [0, 0.05) is 31.2 Å². The molecule has 2 amide bonds. The number of nitrogens with two attached hydrogens (primary N) is 1. The van der Waals surface area contributed by atoms with E-state index in [1.54, 1.807) is 6.20 Å². The average Bonchev–Trinajstić information content (AvgIpc) is 3.41. The molecule has 0 atom stereocenters. The van der Waals surface area contributed by atoms with Gasteiger partial charge in [-0.1, -0.05) is 41.7 Å². The van der Waals surface area contributed by atoms with Gasteiger partial charge in [-0.3, -0.25) is 14.9 Å². The molecule has 0 spiro atoms. The molecule has 4 N–H and O–H groups in total. The maximum Gasteiger partial charge on any atom is 0.273 e. The number of nitrogens with zero attached hydrogens (tertiary/aromatic N) is 3. The molecule has 3 aromatic heterocycles. The number of thiazole rings is 1. The summed E-state index contributed by atoms with van der Waals surface area (Å²) >= 11 is 1.33. The fourth-order valence-electron chi connectivity index (χ4n) is 2.73. The van der Waals surface area contributed by atoms with Gasteiger partial charge in [-0.2, -0.15) is 0 Å². The Bertz CT molecular complexity index is 1160. The van der Waals surface area contributed by atoms with Crippen molar-refractivity contribution in [3.05, 3.63) is 66.2 Å². The van der Waals surface area contributed by atoms with E-state index in [1.165, 1.54) is 23.6 Å². The second-order valence-corrected chi connectivity index (χ2v) is 7.04. The number of benzene rings is 1. The Morgan fingerprint density at radius 1 is 1.25 bits per heavy atom. The highest BCUT2D eigenvalue weighted by Gasteiger charge is 2.20. The third-order valence-electron chi connectivity index (χ3n) is 4.13. The molecule has 3 heterocycles. The summed E-state index contributed by atoms with van der Waals surface area (Å²) in [4.78, 5) is 36.3. The van der Waals surface area contributed by atoms with Crippen LogP contribution in [0.5, 0.6) is 0 Å². The normalized spacial score (nSPS) is 10.8. The number of imidazole rings is 1. The van der Waals surface area contributed by atoms with Crippen LogP contribution in [-0.2, 0) is 7.05 Å². The second-order valence-electron chi connectivity index (χ2n) is 6.04. The lowest BCUT2D eigenvalue weighted by atomic mass is 10.1. The number of hydrogen-bond acceptors (Lipinski definition) is 5. The fraction of sp³-hybridized carbons (Fsp3) is 0.0526. The molecule has 28 heavy (non-hydrogen) atoms. The van der Waals surface area contributed by atoms with Crippen molar-refractivity contribution in [3.63, 3.8) is 0 Å². The molecule has 1 aromatic carbocycles. The van der Waals surface area contributed by atoms with Crippen molar-refractivity contribution in [3.8, 4) is 22.0 Å². The number of aromatic nitrogens is 4. The van der Waals surface area contributed by atoms with Crippen LogP contribution in [0.2, 0.25) is 0 Å². The van der Waals surface area contributed by atoms with Crippen molar-refractivity contribution in [1.82, 2.24) is 19.5 Å². The van der Waals surface area contributed by atoms with E-state index < -0.39 is 11.8 Å². The summed E-state index contributed by atoms with van der Waals surface area (Å²) in [7, 11) is 1.90. The summed E-state index contributed by atoms with van der Waals surface area (Å²) in [6.45, 7) is 0. The third kappa shape index (κ3) is 3.30. The Balaban J connectivity index is 1.70. The molecule has 0 saturated heterocycles. The van der Waals surface area contributed by atoms with Crippen LogP contribution >= 0.6 is 11.3 Å². The van der Waals surface area contributed by atoms with Crippen LogP contribution in [0.25, 0.3) is 22.0 Å². The molecule has 4 rings (SSSR count). The molecule has 140 valence electrons. The van der Waals surface area contributed by atoms with Gasteiger partial charge in [0.15, 0.2) is 11.0 Å². The number of nitrogens with one attached hydrogen (secondary N) is 2. The van der Waals surface area contributed by atoms with Crippen molar-refractivity contribution >= 4 is 28.3 Å². The molecule has 0 saturated carbocycles. The summed E-state index contributed by atoms with van der Waals surface area (Å²) < 4.78 is 1.90. The van der Waals surface area contributed by atoms with Crippen LogP contribution in [0.4, 0.5) is 5.13 Å². The van der Waals surface area contributed by atoms with Gasteiger partial charge in [-0.25, -0.2) is 9.97 Å². The van der Waals surface area contributed by atoms with E-state index in [4.69, 9.17) is 5.73 Å². The molecular formula is C19H16N6O2S. The molecule has 0 radical (unpaired) electrons. The van der Waals surface area contributed by atoms with Gasteiger partial charge in [0.05, 0.1) is 16.1 Å². The summed E-state index contributed by atoms with van der Waals surface area (Å²) in [6, 6.07) is 11.1. The van der Waals surface area contributed by atoms with E-state index in [0.717, 1.165) is 22.0 Å². The van der Waals surface area contributed by atoms with Crippen molar-refractivity contribution in [1.29, 1.82) is 0 Å². The molecule has 0 unspecified atom stereocenters. The number of aryl methyl sites for hydroxylation is 1. The zero-order valence-corrected chi connectivity index (χ0v) is 15.7. The van der Waals surface area contributed by atoms with Crippen molar-refractivity contribution in [2.75, 3.05) is 5.32 Å². The van der Waals surface area contributed by atoms with E-state index >= 15 is 0 Å². The number of carbonyl (C=O) groups excluding carboxylic acids is 2. The van der Waals surface area contributed by atoms with Gasteiger partial charge in [-0.05, 0) is 6.07 Å². The first-order valence-corrected chi connectivity index (χ1v) is 9.18. The zero-order valence-electron chi connectivity index (χ0n) is 14.8. The van der Waals surface area contributed by atoms with Gasteiger partial charge in [0.1, 0.15) is 5.69 Å². The van der Waals surface area contributed by atoms with Gasteiger partial charge in [-0.15, -0.1) is 0 Å². The van der Waals surface area contributed by atoms with Crippen LogP contribution in [0.3, 0.4) is 0 Å². The Kier molecular flexibility index (Phi) is 4.50. The third-order valence-corrected chi connectivity index (χ3v) is 5.10. The summed E-state index contributed by atoms with van der Waals surface area (Å²) in [6.07, 6.45) is 4.96. The number of anilines is 1. The number of amides is 2. The van der Waals surface area contributed by atoms with Crippen molar-refractivity contribution in [2.24, 2.45) is 12.8 Å². The van der Waals surface area contributed by atoms with Gasteiger partial charge in [0.2, 0.25) is 5.91 Å². The minimum absolute atomic E-state index is 0.226. The van der Waals surface area contributed by atoms with Gasteiger partial charge in [0.25, 0.3) is 5.91 Å². The van der Waals surface area contributed by atoms with E-state index in [-0.39, 0.29) is 11.3 Å². The molecule has 9 heteroatoms. The average molecular weight is 392 g/mol. The Morgan fingerprint density at radius 3 is 2.68 bits per heavy atom. The Hall–Kier alpha value is -3.72. The van der Waals surface area contributed by atoms with Crippen LogP contribution in [0.1, 0.15) is 20.8 Å². The van der Waals surface area contributed by atoms with Crippen LogP contribution in [-0.4, -0.2) is 31.3 Å². The Morgan fingerprint density at radius 2 is 2.04 bits per heavy atom. The SMILES string of the molecule is Cn1ccnc1-c1sc(NC(=O)c2cc(C(N)=O)c[nH]2)nc1-c1ccccc1. The lowest BCUT2D eigenvalue weighted by Gasteiger charge is -2.02. The molecule has 0 aliphatic carbocycles. The van der Waals surface area contributed by atoms with Gasteiger partial charge < -0.3 is 15.3 Å². The number of aromatic amines is 1. The van der Waals surface area contributed by atoms with Crippen molar-refractivity contribution in [2.45, 2.75) is 0 Å². The first kappa shape index (κ1) is 17.7. The van der Waals surface area contributed by atoms with Gasteiger partial charge >= 0.3 is 0 Å². The highest BCUT2D eigenvalue weighted by Crippen LogP contribution is 2.38. The number of H-pyrrole nitrogens is 1. The zero-order chi connectivity index (χ0) is 19.7. The van der Waals surface area contributed by atoms with E-state index in [0.29, 0.717) is 5.13 Å². The second kappa shape index (κ2) is 7.12. The number of primary amides is 1. The summed E-state index contributed by atoms with van der Waals surface area (Å²) in [5, 5.41) is 3.20. The molecule has 0 aliphatic heterocycles. The quantitative estimate of drug-likeness (QED) is 0.484. The molecule has 0 aliphatic rings. The maximum atomic E-state index is 12.5. The first-order chi connectivity index (χ1) is 13.5. The molecule has 0 fully saturated rings. The largest absolute Gasteiger partial charge is 0.366 e. The predicted octanol–water partition coefficient (Wildman–Crippen LogP) is 2.89. The topological polar surface area (TPSA) is 119 Å². The van der Waals surface area contributed by atoms with E-state index in [9.17, 15) is 9.59 Å². The van der Waals surface area contributed by atoms with E-state index in [1.807, 2.05) is 48.1 Å². The first-order valence-electron chi connectivity index (χ1n) is 8.36. The number of hydrogen-bond donors (Lipinski definition) is 3. The minimum atomic E-state index is -0.604. The fourth-order valence-corrected chi connectivity index (χ4v) is 3.76. The van der Waals surface area contributed by atoms with Crippen LogP contribution in [0, 0.1) is 0 Å². The standard InChI is InChI=1S/C19H16N6O2S/c1-25-8-7-21-17(25)15-14(11-5-3-2-4-6-11)23-19(28-15)24-18(27)13-9-12(10-22-13)16(20)26/h2-10,22H,1H3,(H2,20,26)(H,23,24,27). The molecule has 0 bridgehead atoms. The lowest BCUT2D eigenvalue weighted by Crippen LogP contribution is -2.12. The molecule has 8 nitrogen and oxygen atoms in total. The number of rotatable bonds is 5. The van der Waals surface area contributed by atoms with Crippen LogP contribution < -0.4 is 11.1 Å². The predicted molar refractivity (Wildman–Crippen MR) is 107 cm³/mol. The number of carbonyl (C=O) groups is 2. The summed E-state index contributed by atoms with van der Waals surface area (Å²) in [5.74, 6) is -0.257. The monoisotopic (exact) mass is 392 g/mol. The highest BCUT2D eigenvalue weighted by molar-refractivity contribution is 7.19. The summed E-state index contributed by atoms with van der Waals surface area (Å²) in [5.41, 5.74) is 7.35. The smallest absolute Gasteiger partial charge is 0.273 e. The Labute approximate surface area is 164 Å². The highest BCUT2D eigenvalue weighted by atomic mass is 32.1. The maximum absolute atomic E-state index is 12.5. The minimum Gasteiger partial charge on any atom is -0.366 e.